The first-order valence-corrected chi connectivity index (χ1v) is 7.88. The number of esters is 1. The van der Waals surface area contributed by atoms with E-state index in [1.165, 1.54) is 11.8 Å². The molecule has 0 atom stereocenters. The summed E-state index contributed by atoms with van der Waals surface area (Å²) in [5.74, 6) is 0.389. The molecule has 112 valence electrons. The summed E-state index contributed by atoms with van der Waals surface area (Å²) in [6.45, 7) is 2.23. The average molecular weight is 299 g/mol. The van der Waals surface area contributed by atoms with Crippen molar-refractivity contribution >= 4 is 17.7 Å². The molecular weight excluding hydrogens is 278 g/mol. The Bertz CT molecular complexity index is 455. The summed E-state index contributed by atoms with van der Waals surface area (Å²) >= 11 is 1.50. The van der Waals surface area contributed by atoms with E-state index in [1.54, 1.807) is 6.33 Å². The molecule has 1 heterocycles. The van der Waals surface area contributed by atoms with Gasteiger partial charge in [0.25, 0.3) is 0 Å². The zero-order valence-corrected chi connectivity index (χ0v) is 12.7. The fourth-order valence-corrected chi connectivity index (χ4v) is 3.44. The molecule has 0 unspecified atom stereocenters. The van der Waals surface area contributed by atoms with E-state index in [0.29, 0.717) is 38.0 Å². The quantitative estimate of drug-likeness (QED) is 0.654. The second-order valence-corrected chi connectivity index (χ2v) is 6.21. The van der Waals surface area contributed by atoms with Gasteiger partial charge in [0.05, 0.1) is 18.1 Å². The zero-order valence-electron chi connectivity index (χ0n) is 11.9. The van der Waals surface area contributed by atoms with Crippen LogP contribution in [0.3, 0.4) is 0 Å². The van der Waals surface area contributed by atoms with Gasteiger partial charge in [-0.15, -0.1) is 10.2 Å². The van der Waals surface area contributed by atoms with E-state index in [1.807, 2.05) is 18.5 Å². The van der Waals surface area contributed by atoms with E-state index < -0.39 is 5.60 Å². The number of aliphatic hydroxyl groups is 1. The number of nitrogens with zero attached hydrogens (tertiary/aromatic N) is 3. The highest BCUT2D eigenvalue weighted by atomic mass is 32.2. The van der Waals surface area contributed by atoms with E-state index in [0.717, 1.165) is 5.16 Å². The summed E-state index contributed by atoms with van der Waals surface area (Å²) in [6.07, 6.45) is 4.27. The zero-order chi connectivity index (χ0) is 14.6. The highest BCUT2D eigenvalue weighted by Crippen LogP contribution is 2.36. The van der Waals surface area contributed by atoms with Crippen molar-refractivity contribution in [2.75, 3.05) is 12.4 Å². The Hall–Kier alpha value is -1.08. The molecule has 1 saturated carbocycles. The van der Waals surface area contributed by atoms with Gasteiger partial charge in [0.2, 0.25) is 0 Å². The van der Waals surface area contributed by atoms with Gasteiger partial charge in [-0.1, -0.05) is 11.8 Å². The Morgan fingerprint density at radius 1 is 1.60 bits per heavy atom. The lowest BCUT2D eigenvalue weighted by molar-refractivity contribution is -0.150. The van der Waals surface area contributed by atoms with Crippen LogP contribution in [0.1, 0.15) is 32.6 Å². The lowest BCUT2D eigenvalue weighted by Gasteiger charge is -2.34. The van der Waals surface area contributed by atoms with Gasteiger partial charge in [-0.25, -0.2) is 0 Å². The molecule has 7 heteroatoms. The molecule has 1 aromatic heterocycles. The van der Waals surface area contributed by atoms with E-state index in [2.05, 4.69) is 10.2 Å². The van der Waals surface area contributed by atoms with Crippen LogP contribution in [0.5, 0.6) is 0 Å². The predicted molar refractivity (Wildman–Crippen MR) is 75.3 cm³/mol. The van der Waals surface area contributed by atoms with Crippen LogP contribution in [0.2, 0.25) is 0 Å². The van der Waals surface area contributed by atoms with Crippen molar-refractivity contribution < 1.29 is 14.6 Å². The van der Waals surface area contributed by atoms with Crippen molar-refractivity contribution in [1.29, 1.82) is 0 Å². The molecule has 20 heavy (non-hydrogen) atoms. The predicted octanol–water partition coefficient (Wildman–Crippen LogP) is 1.39. The summed E-state index contributed by atoms with van der Waals surface area (Å²) in [6, 6.07) is 0. The summed E-state index contributed by atoms with van der Waals surface area (Å²) < 4.78 is 6.87. The van der Waals surface area contributed by atoms with Crippen LogP contribution in [0, 0.1) is 5.92 Å². The van der Waals surface area contributed by atoms with Crippen LogP contribution in [0.25, 0.3) is 0 Å². The number of aryl methyl sites for hydroxylation is 1. The minimum atomic E-state index is -0.723. The molecule has 0 aromatic carbocycles. The fourth-order valence-electron chi connectivity index (χ4n) is 2.40. The van der Waals surface area contributed by atoms with Gasteiger partial charge in [-0.05, 0) is 32.6 Å². The average Bonchev–Trinajstić information content (AvgIpc) is 2.83. The molecule has 1 aliphatic rings. The van der Waals surface area contributed by atoms with Gasteiger partial charge in [-0.3, -0.25) is 4.79 Å². The van der Waals surface area contributed by atoms with E-state index in [9.17, 15) is 9.90 Å². The molecule has 0 amide bonds. The van der Waals surface area contributed by atoms with Crippen LogP contribution in [0.4, 0.5) is 0 Å². The second-order valence-electron chi connectivity index (χ2n) is 5.26. The Balaban J connectivity index is 1.82. The van der Waals surface area contributed by atoms with Gasteiger partial charge in [-0.2, -0.15) is 0 Å². The Kier molecular flexibility index (Phi) is 5.04. The van der Waals surface area contributed by atoms with E-state index >= 15 is 0 Å². The SMILES string of the molecule is CCOC(=O)C1CCC(O)(CSc2nncn2C)CC1. The minimum absolute atomic E-state index is 0.0601. The molecule has 0 bridgehead atoms. The Morgan fingerprint density at radius 3 is 2.85 bits per heavy atom. The summed E-state index contributed by atoms with van der Waals surface area (Å²) in [5, 5.41) is 19.2. The van der Waals surface area contributed by atoms with Gasteiger partial charge in [0, 0.05) is 12.8 Å². The monoisotopic (exact) mass is 299 g/mol. The van der Waals surface area contributed by atoms with Crippen molar-refractivity contribution in [2.24, 2.45) is 13.0 Å². The van der Waals surface area contributed by atoms with Crippen molar-refractivity contribution in [3.8, 4) is 0 Å². The number of carbonyl (C=O) groups is 1. The maximum absolute atomic E-state index is 11.7. The Morgan fingerprint density at radius 2 is 2.30 bits per heavy atom. The van der Waals surface area contributed by atoms with Gasteiger partial charge in [0.15, 0.2) is 5.16 Å². The number of aromatic nitrogens is 3. The van der Waals surface area contributed by atoms with E-state index in [-0.39, 0.29) is 11.9 Å². The lowest BCUT2D eigenvalue weighted by atomic mass is 9.80. The van der Waals surface area contributed by atoms with E-state index in [4.69, 9.17) is 4.74 Å². The van der Waals surface area contributed by atoms with Crippen LogP contribution >= 0.6 is 11.8 Å². The molecule has 6 nitrogen and oxygen atoms in total. The third-order valence-electron chi connectivity index (χ3n) is 3.68. The van der Waals surface area contributed by atoms with Crippen molar-refractivity contribution in [3.05, 3.63) is 6.33 Å². The second kappa shape index (κ2) is 6.58. The summed E-state index contributed by atoms with van der Waals surface area (Å²) in [7, 11) is 1.88. The highest BCUT2D eigenvalue weighted by molar-refractivity contribution is 7.99. The molecule has 0 spiro atoms. The first-order chi connectivity index (χ1) is 9.54. The van der Waals surface area contributed by atoms with Gasteiger partial charge in [0.1, 0.15) is 6.33 Å². The number of thioether (sulfide) groups is 1. The highest BCUT2D eigenvalue weighted by Gasteiger charge is 2.36. The molecule has 1 fully saturated rings. The molecule has 1 N–H and O–H groups in total. The Labute approximate surface area is 122 Å². The third-order valence-corrected chi connectivity index (χ3v) is 4.99. The smallest absolute Gasteiger partial charge is 0.308 e. The van der Waals surface area contributed by atoms with Crippen LogP contribution in [0.15, 0.2) is 11.5 Å². The molecule has 0 saturated heterocycles. The van der Waals surface area contributed by atoms with Crippen molar-refractivity contribution in [1.82, 2.24) is 14.8 Å². The van der Waals surface area contributed by atoms with Crippen LogP contribution in [-0.4, -0.2) is 43.8 Å². The first kappa shape index (κ1) is 15.3. The van der Waals surface area contributed by atoms with Crippen molar-refractivity contribution in [2.45, 2.75) is 43.4 Å². The molecular formula is C13H21N3O3S. The largest absolute Gasteiger partial charge is 0.466 e. The fraction of sp³-hybridized carbons (Fsp3) is 0.769. The maximum atomic E-state index is 11.7. The van der Waals surface area contributed by atoms with Gasteiger partial charge < -0.3 is 14.4 Å². The molecule has 0 aliphatic heterocycles. The standard InChI is InChI=1S/C13H21N3O3S/c1-3-19-11(17)10-4-6-13(18,7-5-10)8-20-12-15-14-9-16(12)2/h9-10,18H,3-8H2,1-2H3. The lowest BCUT2D eigenvalue weighted by Crippen LogP contribution is -2.38. The summed E-state index contributed by atoms with van der Waals surface area (Å²) in [5.41, 5.74) is -0.723. The molecule has 1 aromatic rings. The van der Waals surface area contributed by atoms with Gasteiger partial charge >= 0.3 is 5.97 Å². The maximum Gasteiger partial charge on any atom is 0.308 e. The number of hydrogen-bond acceptors (Lipinski definition) is 6. The minimum Gasteiger partial charge on any atom is -0.466 e. The number of hydrogen-bond donors (Lipinski definition) is 1. The topological polar surface area (TPSA) is 77.2 Å². The normalized spacial score (nSPS) is 26.4. The molecule has 0 radical (unpaired) electrons. The summed E-state index contributed by atoms with van der Waals surface area (Å²) in [4.78, 5) is 11.7. The number of rotatable bonds is 5. The number of carbonyl (C=O) groups excluding carboxylic acids is 1. The third kappa shape index (κ3) is 3.73. The van der Waals surface area contributed by atoms with Crippen LogP contribution < -0.4 is 0 Å². The molecule has 2 rings (SSSR count). The first-order valence-electron chi connectivity index (χ1n) is 6.90. The number of ether oxygens (including phenoxy) is 1. The van der Waals surface area contributed by atoms with Crippen LogP contribution in [-0.2, 0) is 16.6 Å². The van der Waals surface area contributed by atoms with Crippen molar-refractivity contribution in [3.63, 3.8) is 0 Å². The molecule has 1 aliphatic carbocycles.